The van der Waals surface area contributed by atoms with Crippen LogP contribution in [0, 0.1) is 13.8 Å². The lowest BCUT2D eigenvalue weighted by Gasteiger charge is -2.22. The van der Waals surface area contributed by atoms with Crippen LogP contribution in [0.2, 0.25) is 5.02 Å². The Morgan fingerprint density at radius 2 is 2.00 bits per heavy atom. The number of H-pyrrole nitrogens is 1. The van der Waals surface area contributed by atoms with Crippen LogP contribution in [0.4, 0.5) is 0 Å². The van der Waals surface area contributed by atoms with Gasteiger partial charge < -0.3 is 4.90 Å². The Kier molecular flexibility index (Phi) is 6.21. The molecule has 0 fully saturated rings. The number of sulfonamides is 1. The lowest BCUT2D eigenvalue weighted by atomic mass is 10.2. The molecule has 1 aromatic carbocycles. The molecule has 0 radical (unpaired) electrons. The number of halogens is 1. The summed E-state index contributed by atoms with van der Waals surface area (Å²) in [4.78, 5) is 13.5. The fourth-order valence-electron chi connectivity index (χ4n) is 2.50. The van der Waals surface area contributed by atoms with E-state index in [0.29, 0.717) is 23.0 Å². The first-order valence-electron chi connectivity index (χ1n) is 7.72. The number of nitrogens with one attached hydrogen (secondary N) is 2. The predicted molar refractivity (Wildman–Crippen MR) is 95.8 cm³/mol. The predicted octanol–water partition coefficient (Wildman–Crippen LogP) is 2.01. The van der Waals surface area contributed by atoms with E-state index in [-0.39, 0.29) is 23.9 Å². The first-order chi connectivity index (χ1) is 11.7. The van der Waals surface area contributed by atoms with E-state index in [0.717, 1.165) is 5.56 Å². The monoisotopic (exact) mass is 384 g/mol. The molecular formula is C16H21ClN4O3S. The quantitative estimate of drug-likeness (QED) is 0.763. The Morgan fingerprint density at radius 1 is 1.32 bits per heavy atom. The number of hydrogen-bond donors (Lipinski definition) is 2. The van der Waals surface area contributed by atoms with Gasteiger partial charge in [0.1, 0.15) is 4.90 Å². The van der Waals surface area contributed by atoms with Crippen LogP contribution in [0.15, 0.2) is 29.2 Å². The van der Waals surface area contributed by atoms with E-state index in [1.165, 1.54) is 6.92 Å². The van der Waals surface area contributed by atoms with Crippen LogP contribution in [0.3, 0.4) is 0 Å². The number of aryl methyl sites for hydroxylation is 2. The van der Waals surface area contributed by atoms with Gasteiger partial charge in [0.25, 0.3) is 0 Å². The van der Waals surface area contributed by atoms with Gasteiger partial charge in [-0.2, -0.15) is 5.10 Å². The summed E-state index contributed by atoms with van der Waals surface area (Å²) >= 11 is 6.12. The van der Waals surface area contributed by atoms with Crippen LogP contribution >= 0.6 is 11.6 Å². The molecule has 136 valence electrons. The summed E-state index contributed by atoms with van der Waals surface area (Å²) in [7, 11) is -3.69. The second kappa shape index (κ2) is 7.99. The van der Waals surface area contributed by atoms with Crippen molar-refractivity contribution in [2.75, 3.05) is 13.1 Å². The highest BCUT2D eigenvalue weighted by Gasteiger charge is 2.22. The van der Waals surface area contributed by atoms with Gasteiger partial charge in [-0.1, -0.05) is 29.8 Å². The van der Waals surface area contributed by atoms with Gasteiger partial charge in [-0.05, 0) is 25.5 Å². The molecule has 9 heteroatoms. The van der Waals surface area contributed by atoms with Gasteiger partial charge in [-0.3, -0.25) is 9.89 Å². The first-order valence-corrected chi connectivity index (χ1v) is 9.58. The largest absolute Gasteiger partial charge is 0.337 e. The summed E-state index contributed by atoms with van der Waals surface area (Å²) in [5.41, 5.74) is 1.69. The molecule has 0 saturated heterocycles. The number of aromatic amines is 1. The number of aromatic nitrogens is 2. The Labute approximate surface area is 152 Å². The number of carbonyl (C=O) groups is 1. The van der Waals surface area contributed by atoms with Crippen molar-refractivity contribution < 1.29 is 13.2 Å². The Hall–Kier alpha value is -1.90. The Balaban J connectivity index is 2.03. The van der Waals surface area contributed by atoms with Crippen LogP contribution in [0.25, 0.3) is 0 Å². The van der Waals surface area contributed by atoms with Crippen molar-refractivity contribution in [1.29, 1.82) is 0 Å². The fraction of sp³-hybridized carbons (Fsp3) is 0.375. The maximum Gasteiger partial charge on any atom is 0.244 e. The molecule has 2 rings (SSSR count). The maximum atomic E-state index is 12.4. The number of amides is 1. The van der Waals surface area contributed by atoms with E-state index >= 15 is 0 Å². The summed E-state index contributed by atoms with van der Waals surface area (Å²) in [6.07, 6.45) is 0. The molecule has 1 aromatic heterocycles. The lowest BCUT2D eigenvalue weighted by Crippen LogP contribution is -2.37. The molecule has 2 N–H and O–H groups in total. The van der Waals surface area contributed by atoms with E-state index in [4.69, 9.17) is 11.6 Å². The van der Waals surface area contributed by atoms with Crippen LogP contribution in [-0.4, -0.2) is 42.5 Å². The van der Waals surface area contributed by atoms with Gasteiger partial charge in [0.05, 0.1) is 11.4 Å². The summed E-state index contributed by atoms with van der Waals surface area (Å²) in [5.74, 6) is -0.158. The Morgan fingerprint density at radius 3 is 2.56 bits per heavy atom. The molecule has 25 heavy (non-hydrogen) atoms. The van der Waals surface area contributed by atoms with Gasteiger partial charge in [0.2, 0.25) is 15.9 Å². The minimum Gasteiger partial charge on any atom is -0.337 e. The van der Waals surface area contributed by atoms with Crippen molar-refractivity contribution in [1.82, 2.24) is 19.8 Å². The van der Waals surface area contributed by atoms with Crippen LogP contribution < -0.4 is 4.72 Å². The molecule has 2 aromatic rings. The minimum absolute atomic E-state index is 0.0937. The molecule has 0 bridgehead atoms. The van der Waals surface area contributed by atoms with Crippen molar-refractivity contribution in [3.05, 3.63) is 46.2 Å². The van der Waals surface area contributed by atoms with Gasteiger partial charge in [-0.15, -0.1) is 0 Å². The van der Waals surface area contributed by atoms with E-state index in [1.54, 1.807) is 24.8 Å². The minimum atomic E-state index is -3.69. The fourth-order valence-corrected chi connectivity index (χ4v) is 4.09. The number of hydrogen-bond acceptors (Lipinski definition) is 4. The number of nitrogens with zero attached hydrogens (tertiary/aromatic N) is 2. The van der Waals surface area contributed by atoms with E-state index < -0.39 is 10.0 Å². The summed E-state index contributed by atoms with van der Waals surface area (Å²) < 4.78 is 27.3. The molecule has 1 amide bonds. The average molecular weight is 385 g/mol. The molecule has 0 spiro atoms. The van der Waals surface area contributed by atoms with E-state index in [9.17, 15) is 13.2 Å². The highest BCUT2D eigenvalue weighted by Crippen LogP contribution is 2.18. The van der Waals surface area contributed by atoms with Crippen LogP contribution in [0.1, 0.15) is 23.9 Å². The smallest absolute Gasteiger partial charge is 0.244 e. The van der Waals surface area contributed by atoms with Crippen molar-refractivity contribution in [3.8, 4) is 0 Å². The second-order valence-electron chi connectivity index (χ2n) is 5.69. The molecule has 1 heterocycles. The standard InChI is InChI=1S/C16H21ClN4O3S/c1-11-16(12(2)20-19-11)25(23,24)18-8-9-21(13(3)22)10-14-6-4-5-7-15(14)17/h4-7,18H,8-10H2,1-3H3,(H,19,20). The zero-order valence-corrected chi connectivity index (χ0v) is 15.9. The van der Waals surface area contributed by atoms with Gasteiger partial charge in [0.15, 0.2) is 0 Å². The maximum absolute atomic E-state index is 12.4. The summed E-state index contributed by atoms with van der Waals surface area (Å²) in [6.45, 7) is 5.35. The molecule has 7 nitrogen and oxygen atoms in total. The topological polar surface area (TPSA) is 95.2 Å². The van der Waals surface area contributed by atoms with Crippen molar-refractivity contribution in [2.45, 2.75) is 32.2 Å². The number of rotatable bonds is 7. The lowest BCUT2D eigenvalue weighted by molar-refractivity contribution is -0.129. The molecule has 0 aliphatic carbocycles. The second-order valence-corrected chi connectivity index (χ2v) is 7.80. The molecule has 0 aliphatic rings. The normalized spacial score (nSPS) is 11.5. The van der Waals surface area contributed by atoms with Gasteiger partial charge >= 0.3 is 0 Å². The Bertz CT molecular complexity index is 845. The van der Waals surface area contributed by atoms with Crippen molar-refractivity contribution in [2.24, 2.45) is 0 Å². The zero-order chi connectivity index (χ0) is 18.6. The van der Waals surface area contributed by atoms with Gasteiger partial charge in [-0.25, -0.2) is 13.1 Å². The number of carbonyl (C=O) groups excluding carboxylic acids is 1. The highest BCUT2D eigenvalue weighted by molar-refractivity contribution is 7.89. The van der Waals surface area contributed by atoms with Gasteiger partial charge in [0, 0.05) is 31.6 Å². The van der Waals surface area contributed by atoms with E-state index in [2.05, 4.69) is 14.9 Å². The molecule has 0 saturated carbocycles. The van der Waals surface area contributed by atoms with Crippen molar-refractivity contribution >= 4 is 27.5 Å². The SMILES string of the molecule is CC(=O)N(CCNS(=O)(=O)c1c(C)n[nH]c1C)Cc1ccccc1Cl. The summed E-state index contributed by atoms with van der Waals surface area (Å²) in [6, 6.07) is 7.24. The molecule has 0 atom stereocenters. The van der Waals surface area contributed by atoms with Crippen LogP contribution in [-0.2, 0) is 21.4 Å². The summed E-state index contributed by atoms with van der Waals surface area (Å²) in [5, 5.41) is 7.12. The third kappa shape index (κ3) is 4.81. The molecule has 0 aliphatic heterocycles. The third-order valence-corrected chi connectivity index (χ3v) is 5.86. The highest BCUT2D eigenvalue weighted by atomic mass is 35.5. The molecular weight excluding hydrogens is 364 g/mol. The van der Waals surface area contributed by atoms with Crippen LogP contribution in [0.5, 0.6) is 0 Å². The molecule has 0 unspecified atom stereocenters. The zero-order valence-electron chi connectivity index (χ0n) is 14.3. The first kappa shape index (κ1) is 19.4. The third-order valence-electron chi connectivity index (χ3n) is 3.77. The number of benzene rings is 1. The average Bonchev–Trinajstić information content (AvgIpc) is 2.87. The van der Waals surface area contributed by atoms with E-state index in [1.807, 2.05) is 18.2 Å². The van der Waals surface area contributed by atoms with Crippen molar-refractivity contribution in [3.63, 3.8) is 0 Å².